The Balaban J connectivity index is 1.45. The summed E-state index contributed by atoms with van der Waals surface area (Å²) in [5.74, 6) is 0.353. The third-order valence-electron chi connectivity index (χ3n) is 4.23. The maximum atomic E-state index is 12.0. The highest BCUT2D eigenvalue weighted by Crippen LogP contribution is 2.35. The fraction of sp³-hybridized carbons (Fsp3) is 0.467. The van der Waals surface area contributed by atoms with Crippen molar-refractivity contribution in [2.45, 2.75) is 37.6 Å². The van der Waals surface area contributed by atoms with Crippen molar-refractivity contribution in [3.8, 4) is 0 Å². The van der Waals surface area contributed by atoms with Crippen molar-refractivity contribution in [2.24, 2.45) is 7.05 Å². The molecule has 0 unspecified atom stereocenters. The highest BCUT2D eigenvalue weighted by Gasteiger charge is 2.32. The average Bonchev–Trinajstić information content (AvgIpc) is 2.84. The zero-order valence-corrected chi connectivity index (χ0v) is 13.0. The predicted molar refractivity (Wildman–Crippen MR) is 84.7 cm³/mol. The molecule has 0 aliphatic heterocycles. The number of nitrogens with one attached hydrogen (secondary N) is 2. The summed E-state index contributed by atoms with van der Waals surface area (Å²) in [5, 5.41) is 7.09. The lowest BCUT2D eigenvalue weighted by Gasteiger charge is -2.35. The smallest absolute Gasteiger partial charge is 0.252 e. The lowest BCUT2D eigenvalue weighted by molar-refractivity contribution is -0.122. The van der Waals surface area contributed by atoms with Crippen LogP contribution in [0.15, 0.2) is 23.1 Å². The monoisotopic (exact) mass is 316 g/mol. The normalized spacial score (nSPS) is 20.0. The highest BCUT2D eigenvalue weighted by atomic mass is 16.1. The van der Waals surface area contributed by atoms with Gasteiger partial charge in [-0.2, -0.15) is 5.10 Å². The number of H-pyrrole nitrogens is 1. The zero-order valence-electron chi connectivity index (χ0n) is 13.0. The van der Waals surface area contributed by atoms with Crippen LogP contribution in [-0.4, -0.2) is 31.7 Å². The van der Waals surface area contributed by atoms with Gasteiger partial charge in [0.1, 0.15) is 0 Å². The Morgan fingerprint density at radius 2 is 2.30 bits per heavy atom. The molecule has 1 amide bonds. The quantitative estimate of drug-likeness (QED) is 0.722. The number of rotatable bonds is 5. The molecular weight excluding hydrogens is 296 g/mol. The third kappa shape index (κ3) is 3.58. The molecule has 2 aromatic rings. The number of nitrogens with two attached hydrogens (primary N) is 1. The van der Waals surface area contributed by atoms with Gasteiger partial charge in [0.25, 0.3) is 5.56 Å². The molecule has 8 heteroatoms. The molecule has 23 heavy (non-hydrogen) atoms. The first kappa shape index (κ1) is 15.3. The van der Waals surface area contributed by atoms with E-state index in [1.54, 1.807) is 10.9 Å². The van der Waals surface area contributed by atoms with E-state index in [9.17, 15) is 9.59 Å². The molecule has 0 spiro atoms. The van der Waals surface area contributed by atoms with Gasteiger partial charge in [0.15, 0.2) is 0 Å². The van der Waals surface area contributed by atoms with E-state index >= 15 is 0 Å². The highest BCUT2D eigenvalue weighted by molar-refractivity contribution is 5.76. The summed E-state index contributed by atoms with van der Waals surface area (Å²) in [6.07, 6.45) is 4.41. The second-order valence-corrected chi connectivity index (χ2v) is 5.93. The number of aryl methyl sites for hydroxylation is 2. The molecule has 2 aromatic heterocycles. The van der Waals surface area contributed by atoms with Crippen LogP contribution in [0, 0.1) is 0 Å². The molecule has 0 bridgehead atoms. The zero-order chi connectivity index (χ0) is 16.4. The fourth-order valence-corrected chi connectivity index (χ4v) is 2.87. The Kier molecular flexibility index (Phi) is 4.14. The molecule has 1 saturated carbocycles. The Labute approximate surface area is 133 Å². The molecule has 1 fully saturated rings. The molecule has 122 valence electrons. The van der Waals surface area contributed by atoms with Gasteiger partial charge < -0.3 is 11.1 Å². The van der Waals surface area contributed by atoms with Crippen LogP contribution >= 0.6 is 0 Å². The van der Waals surface area contributed by atoms with Crippen LogP contribution in [0.5, 0.6) is 0 Å². The van der Waals surface area contributed by atoms with Gasteiger partial charge in [0, 0.05) is 43.4 Å². The van der Waals surface area contributed by atoms with E-state index in [4.69, 9.17) is 5.73 Å². The van der Waals surface area contributed by atoms with Crippen molar-refractivity contribution < 1.29 is 4.79 Å². The molecule has 0 aromatic carbocycles. The third-order valence-corrected chi connectivity index (χ3v) is 4.23. The van der Waals surface area contributed by atoms with E-state index in [0.29, 0.717) is 18.5 Å². The number of hydrogen-bond donors (Lipinski definition) is 3. The number of aromatic amines is 1. The second-order valence-electron chi connectivity index (χ2n) is 5.93. The molecular formula is C15H20N6O2. The average molecular weight is 316 g/mol. The van der Waals surface area contributed by atoms with Crippen molar-refractivity contribution in [3.63, 3.8) is 0 Å². The first-order chi connectivity index (χ1) is 11.0. The van der Waals surface area contributed by atoms with Crippen molar-refractivity contribution in [2.75, 3.05) is 5.73 Å². The van der Waals surface area contributed by atoms with Gasteiger partial charge in [-0.05, 0) is 25.3 Å². The Morgan fingerprint density at radius 3 is 2.96 bits per heavy atom. The van der Waals surface area contributed by atoms with Crippen LogP contribution < -0.4 is 16.6 Å². The van der Waals surface area contributed by atoms with Crippen molar-refractivity contribution >= 4 is 11.9 Å². The molecule has 0 atom stereocenters. The minimum atomic E-state index is -0.240. The summed E-state index contributed by atoms with van der Waals surface area (Å²) >= 11 is 0. The predicted octanol–water partition coefficient (Wildman–Crippen LogP) is 0.0806. The summed E-state index contributed by atoms with van der Waals surface area (Å²) in [6, 6.07) is 3.53. The SMILES string of the molecule is Cn1nccc1CCC(=O)NC1CC(c2cc(=O)[nH]c(N)n2)C1. The van der Waals surface area contributed by atoms with Crippen molar-refractivity contribution in [1.82, 2.24) is 25.1 Å². The number of nitrogen functional groups attached to an aromatic ring is 1. The molecule has 0 radical (unpaired) electrons. The molecule has 4 N–H and O–H groups in total. The van der Waals surface area contributed by atoms with E-state index in [-0.39, 0.29) is 29.4 Å². The Hall–Kier alpha value is -2.64. The van der Waals surface area contributed by atoms with Crippen LogP contribution in [0.25, 0.3) is 0 Å². The van der Waals surface area contributed by atoms with Gasteiger partial charge in [0.2, 0.25) is 11.9 Å². The van der Waals surface area contributed by atoms with E-state index in [0.717, 1.165) is 18.5 Å². The van der Waals surface area contributed by atoms with Gasteiger partial charge in [0.05, 0.1) is 5.69 Å². The minimum Gasteiger partial charge on any atom is -0.369 e. The van der Waals surface area contributed by atoms with E-state index in [1.165, 1.54) is 6.07 Å². The topological polar surface area (TPSA) is 119 Å². The standard InChI is InChI=1S/C15H20N6O2/c1-21-11(4-5-17-21)2-3-13(22)18-10-6-9(7-10)12-8-14(23)20-15(16)19-12/h4-5,8-10H,2-3,6-7H2,1H3,(H,18,22)(H3,16,19,20,23). The number of aromatic nitrogens is 4. The first-order valence-corrected chi connectivity index (χ1v) is 7.64. The van der Waals surface area contributed by atoms with Crippen molar-refractivity contribution in [1.29, 1.82) is 0 Å². The van der Waals surface area contributed by atoms with Gasteiger partial charge in [-0.1, -0.05) is 0 Å². The van der Waals surface area contributed by atoms with E-state index < -0.39 is 0 Å². The number of hydrogen-bond acceptors (Lipinski definition) is 5. The number of anilines is 1. The lowest BCUT2D eigenvalue weighted by atomic mass is 9.78. The summed E-state index contributed by atoms with van der Waals surface area (Å²) < 4.78 is 1.77. The molecule has 0 saturated heterocycles. The van der Waals surface area contributed by atoms with Gasteiger partial charge in [-0.15, -0.1) is 0 Å². The van der Waals surface area contributed by atoms with Crippen LogP contribution in [0.4, 0.5) is 5.95 Å². The fourth-order valence-electron chi connectivity index (χ4n) is 2.87. The van der Waals surface area contributed by atoms with Crippen molar-refractivity contribution in [3.05, 3.63) is 40.1 Å². The molecule has 1 aliphatic carbocycles. The molecule has 1 aliphatic rings. The number of carbonyl (C=O) groups is 1. The number of amides is 1. The van der Waals surface area contributed by atoms with Crippen LogP contribution in [0.1, 0.15) is 36.6 Å². The van der Waals surface area contributed by atoms with Crippen LogP contribution in [-0.2, 0) is 18.3 Å². The summed E-state index contributed by atoms with van der Waals surface area (Å²) in [7, 11) is 1.87. The summed E-state index contributed by atoms with van der Waals surface area (Å²) in [5.41, 5.74) is 7.04. The maximum Gasteiger partial charge on any atom is 0.252 e. The van der Waals surface area contributed by atoms with Crippen LogP contribution in [0.3, 0.4) is 0 Å². The van der Waals surface area contributed by atoms with Gasteiger partial charge in [-0.25, -0.2) is 4.98 Å². The molecule has 8 nitrogen and oxygen atoms in total. The largest absolute Gasteiger partial charge is 0.369 e. The first-order valence-electron chi connectivity index (χ1n) is 7.64. The Morgan fingerprint density at radius 1 is 1.52 bits per heavy atom. The maximum absolute atomic E-state index is 12.0. The summed E-state index contributed by atoms with van der Waals surface area (Å²) in [6.45, 7) is 0. The minimum absolute atomic E-state index is 0.0352. The van der Waals surface area contributed by atoms with E-state index in [1.807, 2.05) is 13.1 Å². The number of nitrogens with zero attached hydrogens (tertiary/aromatic N) is 3. The van der Waals surface area contributed by atoms with Gasteiger partial charge >= 0.3 is 0 Å². The summed E-state index contributed by atoms with van der Waals surface area (Å²) in [4.78, 5) is 29.9. The molecule has 2 heterocycles. The van der Waals surface area contributed by atoms with Crippen LogP contribution in [0.2, 0.25) is 0 Å². The number of carbonyl (C=O) groups excluding carboxylic acids is 1. The second kappa shape index (κ2) is 6.23. The molecule has 3 rings (SSSR count). The van der Waals surface area contributed by atoms with Gasteiger partial charge in [-0.3, -0.25) is 19.3 Å². The Bertz CT molecular complexity index is 759. The van der Waals surface area contributed by atoms with E-state index in [2.05, 4.69) is 20.4 Å². The lowest BCUT2D eigenvalue weighted by Crippen LogP contribution is -2.43.